The first-order valence-electron chi connectivity index (χ1n) is 6.49. The summed E-state index contributed by atoms with van der Waals surface area (Å²) in [6, 6.07) is -0.668. The molecule has 1 saturated carbocycles. The van der Waals surface area contributed by atoms with Gasteiger partial charge in [-0.05, 0) is 31.6 Å². The van der Waals surface area contributed by atoms with Crippen LogP contribution in [0.5, 0.6) is 0 Å². The summed E-state index contributed by atoms with van der Waals surface area (Å²) >= 11 is 0. The zero-order chi connectivity index (χ0) is 14.5. The number of rotatable bonds is 3. The summed E-state index contributed by atoms with van der Waals surface area (Å²) in [7, 11) is 1.37. The molecule has 0 N–H and O–H groups in total. The molecule has 1 aliphatic heterocycles. The molecule has 5 heteroatoms. The van der Waals surface area contributed by atoms with Crippen LogP contribution in [0.1, 0.15) is 34.1 Å². The van der Waals surface area contributed by atoms with Crippen molar-refractivity contribution in [3.05, 3.63) is 16.5 Å². The highest BCUT2D eigenvalue weighted by atomic mass is 16.5. The Hall–Kier alpha value is -1.36. The van der Waals surface area contributed by atoms with E-state index in [1.165, 1.54) is 7.11 Å². The summed E-state index contributed by atoms with van der Waals surface area (Å²) in [6.07, 6.45) is 0.420. The van der Waals surface area contributed by atoms with Crippen LogP contribution < -0.4 is 0 Å². The van der Waals surface area contributed by atoms with E-state index in [1.54, 1.807) is 13.8 Å². The van der Waals surface area contributed by atoms with Crippen LogP contribution in [0.25, 0.3) is 0 Å². The van der Waals surface area contributed by atoms with Crippen molar-refractivity contribution in [2.24, 2.45) is 17.3 Å². The maximum absolute atomic E-state index is 12.0. The molecule has 3 atom stereocenters. The van der Waals surface area contributed by atoms with Crippen LogP contribution in [0.15, 0.2) is 11.3 Å². The monoisotopic (exact) mass is 266 g/mol. The minimum atomic E-state index is -0.668. The first-order chi connectivity index (χ1) is 8.73. The second kappa shape index (κ2) is 4.34. The highest BCUT2D eigenvalue weighted by molar-refractivity contribution is 6.02. The number of ether oxygens (including phenoxy) is 1. The normalized spacial score (nSPS) is 32.8. The van der Waals surface area contributed by atoms with Gasteiger partial charge in [-0.3, -0.25) is 9.59 Å². The lowest BCUT2D eigenvalue weighted by molar-refractivity contribution is -0.143. The Kier molecular flexibility index (Phi) is 3.21. The summed E-state index contributed by atoms with van der Waals surface area (Å²) in [5, 5.41) is 12.8. The molecule has 1 fully saturated rings. The molecule has 0 spiro atoms. The van der Waals surface area contributed by atoms with Crippen LogP contribution in [-0.2, 0) is 14.3 Å². The number of hydrogen-bond acceptors (Lipinski definition) is 5. The average Bonchev–Trinajstić information content (AvgIpc) is 2.86. The van der Waals surface area contributed by atoms with Crippen LogP contribution in [0.3, 0.4) is 0 Å². The van der Waals surface area contributed by atoms with E-state index in [9.17, 15) is 14.8 Å². The number of hydroxylamine groups is 2. The Morgan fingerprint density at radius 2 is 2.00 bits per heavy atom. The number of esters is 1. The summed E-state index contributed by atoms with van der Waals surface area (Å²) in [4.78, 5) is 23.7. The summed E-state index contributed by atoms with van der Waals surface area (Å²) in [6.45, 7) is 7.29. The van der Waals surface area contributed by atoms with Gasteiger partial charge in [0.15, 0.2) is 5.78 Å². The molecule has 0 radical (unpaired) electrons. The van der Waals surface area contributed by atoms with Gasteiger partial charge in [0.2, 0.25) is 0 Å². The fraction of sp³-hybridized carbons (Fsp3) is 0.714. The molecule has 2 rings (SSSR count). The van der Waals surface area contributed by atoms with Gasteiger partial charge < -0.3 is 15.0 Å². The molecule has 1 aliphatic carbocycles. The maximum atomic E-state index is 12.0. The fourth-order valence-corrected chi connectivity index (χ4v) is 3.16. The van der Waals surface area contributed by atoms with Gasteiger partial charge in [-0.2, -0.15) is 0 Å². The molecule has 106 valence electrons. The third kappa shape index (κ3) is 1.96. The van der Waals surface area contributed by atoms with Crippen LogP contribution in [0.2, 0.25) is 0 Å². The first kappa shape index (κ1) is 14.1. The lowest BCUT2D eigenvalue weighted by Gasteiger charge is -2.33. The molecule has 0 aromatic heterocycles. The summed E-state index contributed by atoms with van der Waals surface area (Å²) in [5.41, 5.74) is 0.828. The smallest absolute Gasteiger partial charge is 0.309 e. The van der Waals surface area contributed by atoms with Gasteiger partial charge in [0.25, 0.3) is 0 Å². The molecule has 0 aromatic rings. The van der Waals surface area contributed by atoms with E-state index in [0.717, 1.165) is 5.06 Å². The molecule has 19 heavy (non-hydrogen) atoms. The van der Waals surface area contributed by atoms with Gasteiger partial charge >= 0.3 is 5.97 Å². The van der Waals surface area contributed by atoms with Crippen LogP contribution >= 0.6 is 0 Å². The predicted molar refractivity (Wildman–Crippen MR) is 69.8 cm³/mol. The van der Waals surface area contributed by atoms with E-state index in [-0.39, 0.29) is 29.0 Å². The Morgan fingerprint density at radius 3 is 2.42 bits per heavy atom. The standard InChI is InChI=1S/C14H20NO4/c1-7-8(2)15(18)10(12(7)16)6-9-11(13(17)19-5)14(9,3)4/h9-11H,6H2,1-5H3/q-1. The van der Waals surface area contributed by atoms with Crippen LogP contribution in [0, 0.1) is 22.5 Å². The number of Topliss-reactive ketones (excluding diaryl/α,β-unsaturated/α-hetero) is 1. The average molecular weight is 266 g/mol. The van der Waals surface area contributed by atoms with Crippen molar-refractivity contribution in [3.63, 3.8) is 0 Å². The highest BCUT2D eigenvalue weighted by Gasteiger charge is 2.63. The van der Waals surface area contributed by atoms with Gasteiger partial charge in [0.1, 0.15) is 0 Å². The molecule has 0 bridgehead atoms. The van der Waals surface area contributed by atoms with E-state index >= 15 is 0 Å². The van der Waals surface area contributed by atoms with Gasteiger partial charge in [0.05, 0.1) is 19.1 Å². The molecule has 0 amide bonds. The van der Waals surface area contributed by atoms with E-state index in [0.29, 0.717) is 17.7 Å². The minimum Gasteiger partial charge on any atom is -0.758 e. The van der Waals surface area contributed by atoms with E-state index < -0.39 is 6.04 Å². The Balaban J connectivity index is 2.09. The van der Waals surface area contributed by atoms with Crippen molar-refractivity contribution >= 4 is 11.8 Å². The van der Waals surface area contributed by atoms with Gasteiger partial charge in [0, 0.05) is 11.3 Å². The highest BCUT2D eigenvalue weighted by Crippen LogP contribution is 2.61. The zero-order valence-corrected chi connectivity index (χ0v) is 12.0. The quantitative estimate of drug-likeness (QED) is 0.729. The van der Waals surface area contributed by atoms with Crippen molar-refractivity contribution in [2.45, 2.75) is 40.2 Å². The molecule has 1 heterocycles. The van der Waals surface area contributed by atoms with Crippen molar-refractivity contribution < 1.29 is 14.3 Å². The number of ketones is 1. The second-order valence-corrected chi connectivity index (χ2v) is 6.08. The third-order valence-electron chi connectivity index (χ3n) is 4.81. The molecule has 2 aliphatic rings. The fourth-order valence-electron chi connectivity index (χ4n) is 3.16. The lowest BCUT2D eigenvalue weighted by atomic mass is 10.00. The zero-order valence-electron chi connectivity index (χ0n) is 12.0. The number of allylic oxidation sites excluding steroid dienone is 1. The van der Waals surface area contributed by atoms with E-state index in [4.69, 9.17) is 4.74 Å². The third-order valence-corrected chi connectivity index (χ3v) is 4.81. The van der Waals surface area contributed by atoms with Crippen LogP contribution in [0.4, 0.5) is 0 Å². The number of carbonyl (C=O) groups is 2. The SMILES string of the molecule is COC(=O)C1C(CC2C(=O)C(C)=C(C)N2[O-])C1(C)C. The molecule has 5 nitrogen and oxygen atoms in total. The van der Waals surface area contributed by atoms with Crippen LogP contribution in [-0.4, -0.2) is 30.0 Å². The Bertz CT molecular complexity index is 466. The van der Waals surface area contributed by atoms with Gasteiger partial charge in [-0.1, -0.05) is 13.8 Å². The molecular weight excluding hydrogens is 246 g/mol. The summed E-state index contributed by atoms with van der Waals surface area (Å²) in [5.74, 6) is -0.540. The van der Waals surface area contributed by atoms with Gasteiger partial charge in [-0.25, -0.2) is 0 Å². The first-order valence-corrected chi connectivity index (χ1v) is 6.49. The number of hydrogen-bond donors (Lipinski definition) is 0. The van der Waals surface area contributed by atoms with E-state index in [2.05, 4.69) is 0 Å². The Labute approximate surface area is 113 Å². The molecule has 0 aromatic carbocycles. The van der Waals surface area contributed by atoms with Crippen molar-refractivity contribution in [1.82, 2.24) is 5.06 Å². The molecule has 3 unspecified atom stereocenters. The van der Waals surface area contributed by atoms with Crippen molar-refractivity contribution in [2.75, 3.05) is 7.11 Å². The number of methoxy groups -OCH3 is 1. The largest absolute Gasteiger partial charge is 0.758 e. The minimum absolute atomic E-state index is 0.0315. The number of nitrogens with zero attached hydrogens (tertiary/aromatic N) is 1. The molecule has 0 saturated heterocycles. The molecular formula is C14H20NO4-. The summed E-state index contributed by atoms with van der Waals surface area (Å²) < 4.78 is 4.77. The lowest BCUT2D eigenvalue weighted by Crippen LogP contribution is -2.30. The second-order valence-electron chi connectivity index (χ2n) is 6.08. The Morgan fingerprint density at radius 1 is 1.42 bits per heavy atom. The van der Waals surface area contributed by atoms with Gasteiger partial charge in [-0.15, -0.1) is 0 Å². The topological polar surface area (TPSA) is 69.7 Å². The van der Waals surface area contributed by atoms with Crippen molar-refractivity contribution in [3.8, 4) is 0 Å². The van der Waals surface area contributed by atoms with E-state index in [1.807, 2.05) is 13.8 Å². The maximum Gasteiger partial charge on any atom is 0.309 e. The number of carbonyl (C=O) groups excluding carboxylic acids is 2. The van der Waals surface area contributed by atoms with Crippen molar-refractivity contribution in [1.29, 1.82) is 0 Å². The predicted octanol–water partition coefficient (Wildman–Crippen LogP) is 1.87.